The molecule has 2 aromatic heterocycles. The lowest BCUT2D eigenvalue weighted by atomic mass is 9.76. The molecular formula is C95H90N4O8. The molecular weight excluding hydrogens is 1330 g/mol. The van der Waals surface area contributed by atoms with Crippen molar-refractivity contribution in [2.75, 3.05) is 29.9 Å². The highest BCUT2D eigenvalue weighted by atomic mass is 16.6. The maximum absolute atomic E-state index is 13.8. The summed E-state index contributed by atoms with van der Waals surface area (Å²) in [5.74, 6) is 1.97. The van der Waals surface area contributed by atoms with Crippen molar-refractivity contribution in [3.8, 4) is 23.0 Å². The summed E-state index contributed by atoms with van der Waals surface area (Å²) in [4.78, 5) is 44.2. The van der Waals surface area contributed by atoms with Crippen molar-refractivity contribution in [3.05, 3.63) is 326 Å². The number of carbonyl (C=O) groups is 3. The molecule has 0 N–H and O–H groups in total. The second-order valence-electron chi connectivity index (χ2n) is 29.0. The normalized spacial score (nSPS) is 17.3. The molecule has 0 bridgehead atoms. The number of unbranched alkanes of at least 4 members (excludes halogenated alkanes) is 6. The van der Waals surface area contributed by atoms with Gasteiger partial charge in [0.25, 0.3) is 0 Å². The van der Waals surface area contributed by atoms with Crippen molar-refractivity contribution in [2.24, 2.45) is 0 Å². The van der Waals surface area contributed by atoms with Crippen LogP contribution in [-0.2, 0) is 44.1 Å². The van der Waals surface area contributed by atoms with Gasteiger partial charge >= 0.3 is 17.9 Å². The van der Waals surface area contributed by atoms with Crippen LogP contribution in [0.3, 0.4) is 0 Å². The van der Waals surface area contributed by atoms with Crippen LogP contribution in [0.1, 0.15) is 183 Å². The monoisotopic (exact) mass is 1410 g/mol. The molecule has 107 heavy (non-hydrogen) atoms. The van der Waals surface area contributed by atoms with Crippen LogP contribution in [0.25, 0.3) is 32.6 Å². The molecule has 2 spiro atoms. The molecule has 12 heteroatoms. The molecule has 5 aliphatic heterocycles. The first-order valence-electron chi connectivity index (χ1n) is 38.2. The number of rotatable bonds is 17. The highest BCUT2D eigenvalue weighted by Crippen LogP contribution is 2.61. The Hall–Kier alpha value is -11.6. The standard InChI is InChI=1S/C38H44N2O2.C30H25NO3.C27H21NO3/c1-5-7-9-10-11-18-26-40-28(4)36(31-21-14-17-24-34(31)40)38(32-22-15-12-19-29(32)37(41)42-38)35-27(3)39(25-8-6-2)33-23-16-13-20-30(33)35;1-4-31(21-12-9-19(2)10-13-21)22-14-15-25-28(18-22)33-27-16-11-20(3)17-26(27)30(25)24-8-6-5-7-23(24)29(32)34-30;1-3-28(2)18-13-14-22-24(16-18)30-23-15-12-17-8-4-5-9-19(17)25(23)27(22)21-11-7-6-10-20(21)26(29)31-27/h12-17,19-24H,5-11,18,25-26H2,1-4H3;5-18H,4H2,1-3H3;4-16H,3H2,1-2H3. The third kappa shape index (κ3) is 11.4. The maximum atomic E-state index is 13.8. The number of hydrogen-bond acceptors (Lipinski definition) is 10. The largest absolute Gasteiger partial charge is 0.456 e. The first-order chi connectivity index (χ1) is 52.2. The van der Waals surface area contributed by atoms with Crippen LogP contribution in [0.2, 0.25) is 0 Å². The van der Waals surface area contributed by atoms with Gasteiger partial charge < -0.3 is 42.6 Å². The van der Waals surface area contributed by atoms with Crippen LogP contribution in [0.4, 0.5) is 17.1 Å². The van der Waals surface area contributed by atoms with Crippen molar-refractivity contribution < 1.29 is 38.1 Å². The molecule has 11 aromatic carbocycles. The molecule has 0 saturated carbocycles. The number of ether oxygens (including phenoxy) is 5. The molecule has 12 nitrogen and oxygen atoms in total. The van der Waals surface area contributed by atoms with Gasteiger partial charge in [-0.2, -0.15) is 0 Å². The number of cyclic esters (lactones) is 1. The van der Waals surface area contributed by atoms with Gasteiger partial charge in [-0.3, -0.25) is 0 Å². The number of esters is 3. The average Bonchev–Trinajstić information content (AvgIpc) is 1.58. The minimum atomic E-state index is -1.04. The van der Waals surface area contributed by atoms with E-state index in [0.29, 0.717) is 39.7 Å². The Morgan fingerprint density at radius 2 is 0.804 bits per heavy atom. The third-order valence-corrected chi connectivity index (χ3v) is 22.7. The van der Waals surface area contributed by atoms with Crippen LogP contribution in [0.15, 0.2) is 237 Å². The summed E-state index contributed by atoms with van der Waals surface area (Å²) < 4.78 is 37.2. The number of para-hydroxylation sites is 2. The van der Waals surface area contributed by atoms with E-state index < -0.39 is 16.8 Å². The van der Waals surface area contributed by atoms with E-state index in [2.05, 4.69) is 189 Å². The zero-order valence-corrected chi connectivity index (χ0v) is 62.6. The summed E-state index contributed by atoms with van der Waals surface area (Å²) in [6.45, 7) is 20.9. The lowest BCUT2D eigenvalue weighted by Gasteiger charge is -2.37. The Morgan fingerprint density at radius 3 is 1.41 bits per heavy atom. The van der Waals surface area contributed by atoms with E-state index in [0.717, 1.165) is 140 Å². The van der Waals surface area contributed by atoms with E-state index in [-0.39, 0.29) is 17.9 Å². The summed E-state index contributed by atoms with van der Waals surface area (Å²) in [6, 6.07) is 79.8. The molecule has 0 aliphatic carbocycles. The number of benzene rings is 11. The van der Waals surface area contributed by atoms with E-state index in [1.54, 1.807) is 0 Å². The minimum Gasteiger partial charge on any atom is -0.456 e. The molecule has 13 aromatic rings. The Balaban J connectivity index is 0.000000124. The molecule has 18 rings (SSSR count). The first-order valence-corrected chi connectivity index (χ1v) is 38.2. The van der Waals surface area contributed by atoms with Gasteiger partial charge in [-0.25, -0.2) is 14.4 Å². The van der Waals surface area contributed by atoms with Crippen molar-refractivity contribution in [1.82, 2.24) is 9.13 Å². The number of aromatic nitrogens is 2. The van der Waals surface area contributed by atoms with Gasteiger partial charge in [-0.1, -0.05) is 203 Å². The van der Waals surface area contributed by atoms with Crippen molar-refractivity contribution in [2.45, 2.75) is 137 Å². The van der Waals surface area contributed by atoms with Gasteiger partial charge in [-0.05, 0) is 150 Å². The summed E-state index contributed by atoms with van der Waals surface area (Å²) >= 11 is 0. The zero-order valence-electron chi connectivity index (χ0n) is 62.6. The van der Waals surface area contributed by atoms with Crippen LogP contribution in [-0.4, -0.2) is 47.2 Å². The van der Waals surface area contributed by atoms with Crippen molar-refractivity contribution >= 4 is 67.5 Å². The van der Waals surface area contributed by atoms with E-state index >= 15 is 0 Å². The second kappa shape index (κ2) is 28.3. The van der Waals surface area contributed by atoms with Gasteiger partial charge in [0.15, 0.2) is 16.8 Å². The quantitative estimate of drug-likeness (QED) is 0.0496. The number of hydrogen-bond donors (Lipinski definition) is 0. The van der Waals surface area contributed by atoms with Gasteiger partial charge in [0.1, 0.15) is 23.0 Å². The molecule has 7 heterocycles. The number of nitrogens with zero attached hydrogens (tertiary/aromatic N) is 4. The SMILES string of the molecule is CCCCCCCCn1c(C)c(C2(c3c(C)n(CCCC)c4ccccc34)OC(=O)c3ccccc32)c2ccccc21.CCN(C)c1ccc2c(c1)Oc1ccc3ccccc3c1C21OC(=O)c2ccccc21.CCN(c1ccc(C)cc1)c1ccc2c(c1)Oc1ccc(C)cc1C21OC(=O)c2ccccc21. The Kier molecular flexibility index (Phi) is 18.5. The predicted octanol–water partition coefficient (Wildman–Crippen LogP) is 22.7. The Morgan fingerprint density at radius 1 is 0.346 bits per heavy atom. The van der Waals surface area contributed by atoms with Crippen molar-refractivity contribution in [3.63, 3.8) is 0 Å². The first kappa shape index (κ1) is 69.7. The van der Waals surface area contributed by atoms with Crippen LogP contribution >= 0.6 is 0 Å². The number of fused-ring (bicyclic) bond motifs is 17. The van der Waals surface area contributed by atoms with Gasteiger partial charge in [0.2, 0.25) is 0 Å². The van der Waals surface area contributed by atoms with E-state index in [1.807, 2.05) is 129 Å². The van der Waals surface area contributed by atoms with E-state index in [4.69, 9.17) is 23.7 Å². The van der Waals surface area contributed by atoms with Crippen LogP contribution < -0.4 is 19.3 Å². The van der Waals surface area contributed by atoms with Crippen molar-refractivity contribution in [1.29, 1.82) is 0 Å². The fourth-order valence-corrected chi connectivity index (χ4v) is 17.5. The van der Waals surface area contributed by atoms with E-state index in [9.17, 15) is 14.4 Å². The van der Waals surface area contributed by atoms with E-state index in [1.165, 1.54) is 60.1 Å². The summed E-state index contributed by atoms with van der Waals surface area (Å²) in [5.41, 5.74) is 17.3. The Bertz CT molecular complexity index is 5650. The van der Waals surface area contributed by atoms with Gasteiger partial charge in [0, 0.05) is 140 Å². The summed E-state index contributed by atoms with van der Waals surface area (Å²) in [5, 5.41) is 4.42. The highest BCUT2D eigenvalue weighted by Gasteiger charge is 2.57. The minimum absolute atomic E-state index is 0.248. The number of aryl methyl sites for hydroxylation is 4. The molecule has 5 aliphatic rings. The zero-order chi connectivity index (χ0) is 73.9. The lowest BCUT2D eigenvalue weighted by molar-refractivity contribution is 0.0216. The number of carbonyl (C=O) groups excluding carboxylic acids is 3. The second-order valence-corrected chi connectivity index (χ2v) is 29.0. The molecule has 538 valence electrons. The topological polar surface area (TPSA) is 114 Å². The van der Waals surface area contributed by atoms with Crippen LogP contribution in [0, 0.1) is 27.7 Å². The average molecular weight is 1420 g/mol. The molecule has 3 unspecified atom stereocenters. The van der Waals surface area contributed by atoms with Gasteiger partial charge in [-0.15, -0.1) is 0 Å². The van der Waals surface area contributed by atoms with Gasteiger partial charge in [0.05, 0.1) is 22.3 Å². The number of anilines is 3. The van der Waals surface area contributed by atoms with Crippen LogP contribution in [0.5, 0.6) is 23.0 Å². The molecule has 0 fully saturated rings. The highest BCUT2D eigenvalue weighted by molar-refractivity contribution is 6.03. The molecule has 0 radical (unpaired) electrons. The third-order valence-electron chi connectivity index (χ3n) is 22.7. The fourth-order valence-electron chi connectivity index (χ4n) is 17.5. The Labute approximate surface area is 626 Å². The molecule has 0 amide bonds. The molecule has 0 saturated heterocycles. The maximum Gasteiger partial charge on any atom is 0.340 e. The lowest BCUT2D eigenvalue weighted by Crippen LogP contribution is -2.33. The predicted molar refractivity (Wildman–Crippen MR) is 428 cm³/mol. The smallest absolute Gasteiger partial charge is 0.340 e. The summed E-state index contributed by atoms with van der Waals surface area (Å²) in [6.07, 6.45) is 9.76. The molecule has 3 atom stereocenters. The summed E-state index contributed by atoms with van der Waals surface area (Å²) in [7, 11) is 2.05. The fraction of sp³-hybridized carbons (Fsp3) is 0.253.